The number of nitrogens with zero attached hydrogens (tertiary/aromatic N) is 1. The van der Waals surface area contributed by atoms with Gasteiger partial charge in [0.05, 0.1) is 10.8 Å². The molecular formula is C15H23N3O3. The standard InChI is InChI=1S/C15H23N3O3/c1-10-5-6-12(13(7-10)18(20)21)17-14(19)11(9-16)8-15(2,3)4/h5-7,11H,8-9,16H2,1-4H3,(H,17,19). The van der Waals surface area contributed by atoms with Gasteiger partial charge in [-0.3, -0.25) is 14.9 Å². The second-order valence-electron chi connectivity index (χ2n) is 6.46. The molecule has 0 radical (unpaired) electrons. The number of nitrogens with two attached hydrogens (primary N) is 1. The molecule has 1 aromatic carbocycles. The van der Waals surface area contributed by atoms with Crippen molar-refractivity contribution in [3.05, 3.63) is 33.9 Å². The number of nitro benzene ring substituents is 1. The zero-order chi connectivity index (χ0) is 16.2. The Kier molecular flexibility index (Phi) is 5.43. The van der Waals surface area contributed by atoms with Crippen LogP contribution in [0.15, 0.2) is 18.2 Å². The molecule has 0 aliphatic rings. The predicted molar refractivity (Wildman–Crippen MR) is 83.1 cm³/mol. The van der Waals surface area contributed by atoms with E-state index < -0.39 is 4.92 Å². The summed E-state index contributed by atoms with van der Waals surface area (Å²) < 4.78 is 0. The predicted octanol–water partition coefficient (Wildman–Crippen LogP) is 2.85. The van der Waals surface area contributed by atoms with Crippen molar-refractivity contribution in [2.45, 2.75) is 34.1 Å². The first-order chi connectivity index (χ1) is 9.64. The fourth-order valence-electron chi connectivity index (χ4n) is 2.16. The van der Waals surface area contributed by atoms with E-state index in [2.05, 4.69) is 5.32 Å². The Morgan fingerprint density at radius 1 is 1.43 bits per heavy atom. The van der Waals surface area contributed by atoms with Crippen molar-refractivity contribution in [1.82, 2.24) is 0 Å². The number of amides is 1. The van der Waals surface area contributed by atoms with E-state index >= 15 is 0 Å². The molecule has 1 amide bonds. The number of aryl methyl sites for hydroxylation is 1. The van der Waals surface area contributed by atoms with Crippen LogP contribution in [0.3, 0.4) is 0 Å². The molecule has 0 heterocycles. The molecule has 21 heavy (non-hydrogen) atoms. The summed E-state index contributed by atoms with van der Waals surface area (Å²) in [7, 11) is 0. The van der Waals surface area contributed by atoms with Gasteiger partial charge in [0.1, 0.15) is 5.69 Å². The van der Waals surface area contributed by atoms with Crippen LogP contribution in [0.1, 0.15) is 32.8 Å². The van der Waals surface area contributed by atoms with Crippen molar-refractivity contribution >= 4 is 17.3 Å². The number of nitro groups is 1. The average molecular weight is 293 g/mol. The van der Waals surface area contributed by atoms with Crippen molar-refractivity contribution in [3.63, 3.8) is 0 Å². The molecule has 1 unspecified atom stereocenters. The molecule has 0 saturated heterocycles. The number of carbonyl (C=O) groups excluding carboxylic acids is 1. The second kappa shape index (κ2) is 6.67. The molecule has 0 saturated carbocycles. The van der Waals surface area contributed by atoms with Crippen LogP contribution in [0.4, 0.5) is 11.4 Å². The normalized spacial score (nSPS) is 12.8. The Morgan fingerprint density at radius 3 is 2.52 bits per heavy atom. The van der Waals surface area contributed by atoms with Crippen molar-refractivity contribution in [1.29, 1.82) is 0 Å². The first-order valence-electron chi connectivity index (χ1n) is 6.90. The monoisotopic (exact) mass is 293 g/mol. The molecule has 1 rings (SSSR count). The number of anilines is 1. The van der Waals surface area contributed by atoms with Gasteiger partial charge in [-0.25, -0.2) is 0 Å². The van der Waals surface area contributed by atoms with E-state index in [4.69, 9.17) is 5.73 Å². The Hall–Kier alpha value is -1.95. The van der Waals surface area contributed by atoms with E-state index in [1.807, 2.05) is 20.8 Å². The van der Waals surface area contributed by atoms with E-state index in [9.17, 15) is 14.9 Å². The van der Waals surface area contributed by atoms with Gasteiger partial charge in [-0.2, -0.15) is 0 Å². The van der Waals surface area contributed by atoms with Gasteiger partial charge in [-0.1, -0.05) is 26.8 Å². The molecule has 3 N–H and O–H groups in total. The lowest BCUT2D eigenvalue weighted by Crippen LogP contribution is -2.32. The van der Waals surface area contributed by atoms with E-state index in [1.165, 1.54) is 6.07 Å². The molecule has 6 nitrogen and oxygen atoms in total. The summed E-state index contributed by atoms with van der Waals surface area (Å²) >= 11 is 0. The summed E-state index contributed by atoms with van der Waals surface area (Å²) in [6, 6.07) is 4.72. The molecule has 0 aliphatic carbocycles. The molecule has 116 valence electrons. The number of nitrogens with one attached hydrogen (secondary N) is 1. The maximum atomic E-state index is 12.3. The summed E-state index contributed by atoms with van der Waals surface area (Å²) in [5.41, 5.74) is 6.50. The number of benzene rings is 1. The van der Waals surface area contributed by atoms with Gasteiger partial charge in [-0.15, -0.1) is 0 Å². The summed E-state index contributed by atoms with van der Waals surface area (Å²) in [5.74, 6) is -0.648. The van der Waals surface area contributed by atoms with Gasteiger partial charge in [0.25, 0.3) is 5.69 Å². The Balaban J connectivity index is 2.94. The quantitative estimate of drug-likeness (QED) is 0.644. The van der Waals surface area contributed by atoms with Crippen LogP contribution in [0, 0.1) is 28.4 Å². The lowest BCUT2D eigenvalue weighted by Gasteiger charge is -2.24. The molecule has 0 bridgehead atoms. The minimum absolute atomic E-state index is 0.0411. The van der Waals surface area contributed by atoms with Crippen LogP contribution >= 0.6 is 0 Å². The van der Waals surface area contributed by atoms with Crippen molar-refractivity contribution < 1.29 is 9.72 Å². The molecule has 0 spiro atoms. The second-order valence-corrected chi connectivity index (χ2v) is 6.46. The van der Waals surface area contributed by atoms with Crippen LogP contribution in [-0.2, 0) is 4.79 Å². The SMILES string of the molecule is Cc1ccc(NC(=O)C(CN)CC(C)(C)C)c([N+](=O)[O-])c1. The molecule has 1 aromatic rings. The third-order valence-corrected chi connectivity index (χ3v) is 3.12. The minimum atomic E-state index is -0.496. The van der Waals surface area contributed by atoms with Gasteiger partial charge in [-0.05, 0) is 30.4 Å². The minimum Gasteiger partial charge on any atom is -0.330 e. The zero-order valence-electron chi connectivity index (χ0n) is 13.0. The topological polar surface area (TPSA) is 98.3 Å². The van der Waals surface area contributed by atoms with Crippen molar-refractivity contribution in [2.75, 3.05) is 11.9 Å². The highest BCUT2D eigenvalue weighted by Crippen LogP contribution is 2.28. The highest BCUT2D eigenvalue weighted by atomic mass is 16.6. The molecule has 6 heteroatoms. The number of carbonyl (C=O) groups is 1. The smallest absolute Gasteiger partial charge is 0.293 e. The van der Waals surface area contributed by atoms with E-state index in [0.717, 1.165) is 5.56 Å². The van der Waals surface area contributed by atoms with E-state index in [0.29, 0.717) is 6.42 Å². The van der Waals surface area contributed by atoms with Crippen LogP contribution in [0.2, 0.25) is 0 Å². The fourth-order valence-corrected chi connectivity index (χ4v) is 2.16. The zero-order valence-corrected chi connectivity index (χ0v) is 13.0. The Morgan fingerprint density at radius 2 is 2.05 bits per heavy atom. The lowest BCUT2D eigenvalue weighted by molar-refractivity contribution is -0.384. The summed E-state index contributed by atoms with van der Waals surface area (Å²) in [4.78, 5) is 22.8. The maximum Gasteiger partial charge on any atom is 0.293 e. The number of hydrogen-bond acceptors (Lipinski definition) is 4. The first kappa shape index (κ1) is 17.1. The highest BCUT2D eigenvalue weighted by molar-refractivity contribution is 5.94. The van der Waals surface area contributed by atoms with Gasteiger partial charge in [0, 0.05) is 12.6 Å². The maximum absolute atomic E-state index is 12.3. The number of hydrogen-bond donors (Lipinski definition) is 2. The Bertz CT molecular complexity index is 535. The van der Waals surface area contributed by atoms with Gasteiger partial charge >= 0.3 is 0 Å². The van der Waals surface area contributed by atoms with Gasteiger partial charge in [0.2, 0.25) is 5.91 Å². The third kappa shape index (κ3) is 5.15. The fraction of sp³-hybridized carbons (Fsp3) is 0.533. The van der Waals surface area contributed by atoms with Crippen LogP contribution in [-0.4, -0.2) is 17.4 Å². The molecule has 0 aromatic heterocycles. The van der Waals surface area contributed by atoms with Crippen LogP contribution in [0.25, 0.3) is 0 Å². The Labute approximate surface area is 124 Å². The lowest BCUT2D eigenvalue weighted by atomic mass is 9.84. The third-order valence-electron chi connectivity index (χ3n) is 3.12. The van der Waals surface area contributed by atoms with Crippen LogP contribution in [0.5, 0.6) is 0 Å². The van der Waals surface area contributed by atoms with E-state index in [1.54, 1.807) is 19.1 Å². The van der Waals surface area contributed by atoms with Crippen LogP contribution < -0.4 is 11.1 Å². The van der Waals surface area contributed by atoms with E-state index in [-0.39, 0.29) is 35.2 Å². The van der Waals surface area contributed by atoms with Crippen molar-refractivity contribution in [2.24, 2.45) is 17.1 Å². The summed E-state index contributed by atoms with van der Waals surface area (Å²) in [6.45, 7) is 8.05. The summed E-state index contributed by atoms with van der Waals surface area (Å²) in [6.07, 6.45) is 0.620. The molecule has 0 fully saturated rings. The van der Waals surface area contributed by atoms with Gasteiger partial charge in [0.15, 0.2) is 0 Å². The summed E-state index contributed by atoms with van der Waals surface area (Å²) in [5, 5.41) is 13.7. The molecule has 1 atom stereocenters. The largest absolute Gasteiger partial charge is 0.330 e. The average Bonchev–Trinajstić information content (AvgIpc) is 2.36. The van der Waals surface area contributed by atoms with Crippen molar-refractivity contribution in [3.8, 4) is 0 Å². The number of rotatable bonds is 5. The molecular weight excluding hydrogens is 270 g/mol. The first-order valence-corrected chi connectivity index (χ1v) is 6.90. The van der Waals surface area contributed by atoms with Gasteiger partial charge < -0.3 is 11.1 Å². The molecule has 0 aliphatic heterocycles. The highest BCUT2D eigenvalue weighted by Gasteiger charge is 2.25.